The Morgan fingerprint density at radius 1 is 1.15 bits per heavy atom. The van der Waals surface area contributed by atoms with E-state index in [0.29, 0.717) is 32.5 Å². The van der Waals surface area contributed by atoms with Gasteiger partial charge >= 0.3 is 5.97 Å². The first kappa shape index (κ1) is 15.7. The van der Waals surface area contributed by atoms with E-state index in [1.807, 2.05) is 0 Å². The van der Waals surface area contributed by atoms with Crippen molar-refractivity contribution in [3.05, 3.63) is 0 Å². The molecule has 0 bridgehead atoms. The summed E-state index contributed by atoms with van der Waals surface area (Å²) in [5.41, 5.74) is 0.192. The van der Waals surface area contributed by atoms with Crippen molar-refractivity contribution < 1.29 is 18.3 Å². The Morgan fingerprint density at radius 2 is 1.75 bits per heavy atom. The molecule has 0 radical (unpaired) electrons. The molecule has 2 fully saturated rings. The van der Waals surface area contributed by atoms with Gasteiger partial charge in [0.2, 0.25) is 0 Å². The number of nitrogens with zero attached hydrogens (tertiary/aromatic N) is 2. The van der Waals surface area contributed by atoms with Gasteiger partial charge in [-0.15, -0.1) is 0 Å². The second-order valence-electron chi connectivity index (χ2n) is 6.61. The molecule has 116 valence electrons. The minimum absolute atomic E-state index is 0.109. The lowest BCUT2D eigenvalue weighted by Gasteiger charge is -2.39. The molecule has 0 aromatic rings. The van der Waals surface area contributed by atoms with Gasteiger partial charge < -0.3 is 5.11 Å². The van der Waals surface area contributed by atoms with E-state index in [-0.39, 0.29) is 12.0 Å². The molecule has 7 heteroatoms. The summed E-state index contributed by atoms with van der Waals surface area (Å²) in [5.74, 6) is -1.47. The molecule has 2 saturated heterocycles. The first-order chi connectivity index (χ1) is 9.22. The summed E-state index contributed by atoms with van der Waals surface area (Å²) in [6.07, 6.45) is 2.88. The zero-order chi connectivity index (χ0) is 15.0. The van der Waals surface area contributed by atoms with Crippen molar-refractivity contribution in [1.29, 1.82) is 0 Å². The number of rotatable bonds is 3. The molecule has 1 unspecified atom stereocenters. The number of aliphatic carboxylic acids is 1. The Balaban J connectivity index is 2.05. The number of hydrogen-bond acceptors (Lipinski definition) is 3. The molecule has 2 heterocycles. The van der Waals surface area contributed by atoms with E-state index in [2.05, 4.69) is 13.8 Å². The summed E-state index contributed by atoms with van der Waals surface area (Å²) in [5, 5.41) is 9.07. The maximum atomic E-state index is 12.6. The number of carbonyl (C=O) groups is 1. The molecular formula is C13H24N2O4S. The summed E-state index contributed by atoms with van der Waals surface area (Å²) in [7, 11) is -3.50. The molecule has 2 aliphatic heterocycles. The lowest BCUT2D eigenvalue weighted by Crippen LogP contribution is -2.51. The van der Waals surface area contributed by atoms with E-state index >= 15 is 0 Å². The van der Waals surface area contributed by atoms with Gasteiger partial charge in [-0.1, -0.05) is 13.8 Å². The van der Waals surface area contributed by atoms with Gasteiger partial charge in [0.15, 0.2) is 0 Å². The van der Waals surface area contributed by atoms with Crippen molar-refractivity contribution >= 4 is 16.2 Å². The Bertz CT molecular complexity index is 465. The Morgan fingerprint density at radius 3 is 2.30 bits per heavy atom. The summed E-state index contributed by atoms with van der Waals surface area (Å²) < 4.78 is 28.0. The third kappa shape index (κ3) is 3.32. The average Bonchev–Trinajstić information content (AvgIpc) is 2.38. The van der Waals surface area contributed by atoms with Crippen LogP contribution in [0.5, 0.6) is 0 Å². The maximum absolute atomic E-state index is 12.6. The average molecular weight is 304 g/mol. The SMILES string of the molecule is CC1(C)CCN(S(=O)(=O)N2CCCC(C(=O)O)C2)CC1. The molecule has 0 spiro atoms. The predicted octanol–water partition coefficient (Wildman–Crippen LogP) is 1.15. The van der Waals surface area contributed by atoms with Gasteiger partial charge in [0.1, 0.15) is 0 Å². The van der Waals surface area contributed by atoms with Gasteiger partial charge in [0, 0.05) is 26.2 Å². The van der Waals surface area contributed by atoms with Gasteiger partial charge in [-0.25, -0.2) is 0 Å². The topological polar surface area (TPSA) is 77.9 Å². The van der Waals surface area contributed by atoms with Crippen LogP contribution in [0.25, 0.3) is 0 Å². The minimum atomic E-state index is -3.50. The quantitative estimate of drug-likeness (QED) is 0.848. The van der Waals surface area contributed by atoms with Crippen LogP contribution < -0.4 is 0 Å². The van der Waals surface area contributed by atoms with E-state index in [9.17, 15) is 13.2 Å². The van der Waals surface area contributed by atoms with E-state index in [1.54, 1.807) is 0 Å². The molecular weight excluding hydrogens is 280 g/mol. The fourth-order valence-corrected chi connectivity index (χ4v) is 4.54. The van der Waals surface area contributed by atoms with Crippen LogP contribution >= 0.6 is 0 Å². The molecule has 0 aromatic heterocycles. The third-order valence-electron chi connectivity index (χ3n) is 4.46. The Hall–Kier alpha value is -0.660. The van der Waals surface area contributed by atoms with Crippen LogP contribution in [0.4, 0.5) is 0 Å². The minimum Gasteiger partial charge on any atom is -0.481 e. The highest BCUT2D eigenvalue weighted by molar-refractivity contribution is 7.86. The molecule has 0 aromatic carbocycles. The lowest BCUT2D eigenvalue weighted by molar-refractivity contribution is -0.142. The summed E-state index contributed by atoms with van der Waals surface area (Å²) in [6, 6.07) is 0. The van der Waals surface area contributed by atoms with E-state index in [4.69, 9.17) is 5.11 Å². The summed E-state index contributed by atoms with van der Waals surface area (Å²) in [6.45, 7) is 5.91. The van der Waals surface area contributed by atoms with Crippen LogP contribution in [0.15, 0.2) is 0 Å². The standard InChI is InChI=1S/C13H24N2O4S/c1-13(2)5-8-14(9-6-13)20(18,19)15-7-3-4-11(10-15)12(16)17/h11H,3-10H2,1-2H3,(H,16,17). The van der Waals surface area contributed by atoms with Gasteiger partial charge in [-0.3, -0.25) is 4.79 Å². The van der Waals surface area contributed by atoms with Crippen molar-refractivity contribution in [1.82, 2.24) is 8.61 Å². The highest BCUT2D eigenvalue weighted by Gasteiger charge is 2.38. The van der Waals surface area contributed by atoms with Crippen LogP contribution in [0.1, 0.15) is 39.5 Å². The van der Waals surface area contributed by atoms with E-state index in [0.717, 1.165) is 12.8 Å². The van der Waals surface area contributed by atoms with Crippen molar-refractivity contribution in [2.24, 2.45) is 11.3 Å². The molecule has 1 atom stereocenters. The van der Waals surface area contributed by atoms with Crippen LogP contribution in [0.2, 0.25) is 0 Å². The zero-order valence-electron chi connectivity index (χ0n) is 12.2. The number of hydrogen-bond donors (Lipinski definition) is 1. The van der Waals surface area contributed by atoms with Gasteiger partial charge in [-0.05, 0) is 31.1 Å². The third-order valence-corrected chi connectivity index (χ3v) is 6.46. The largest absolute Gasteiger partial charge is 0.481 e. The first-order valence-corrected chi connectivity index (χ1v) is 8.60. The number of carboxylic acids is 1. The number of carboxylic acid groups (broad SMARTS) is 1. The normalized spacial score (nSPS) is 29.2. The Labute approximate surface area is 120 Å². The molecule has 0 aliphatic carbocycles. The molecule has 0 saturated carbocycles. The van der Waals surface area contributed by atoms with Gasteiger partial charge in [0.25, 0.3) is 10.2 Å². The molecule has 0 amide bonds. The van der Waals surface area contributed by atoms with Crippen LogP contribution in [-0.4, -0.2) is 54.3 Å². The monoisotopic (exact) mass is 304 g/mol. The second kappa shape index (κ2) is 5.61. The second-order valence-corrected chi connectivity index (χ2v) is 8.53. The van der Waals surface area contributed by atoms with Crippen LogP contribution in [0, 0.1) is 11.3 Å². The number of piperidine rings is 2. The van der Waals surface area contributed by atoms with Crippen molar-refractivity contribution in [3.8, 4) is 0 Å². The maximum Gasteiger partial charge on any atom is 0.307 e. The summed E-state index contributed by atoms with van der Waals surface area (Å²) >= 11 is 0. The van der Waals surface area contributed by atoms with Crippen molar-refractivity contribution in [2.75, 3.05) is 26.2 Å². The first-order valence-electron chi connectivity index (χ1n) is 7.20. The van der Waals surface area contributed by atoms with Gasteiger partial charge in [0.05, 0.1) is 5.92 Å². The molecule has 20 heavy (non-hydrogen) atoms. The van der Waals surface area contributed by atoms with E-state index < -0.39 is 22.1 Å². The van der Waals surface area contributed by atoms with Crippen LogP contribution in [-0.2, 0) is 15.0 Å². The van der Waals surface area contributed by atoms with Crippen molar-refractivity contribution in [3.63, 3.8) is 0 Å². The zero-order valence-corrected chi connectivity index (χ0v) is 13.0. The summed E-state index contributed by atoms with van der Waals surface area (Å²) in [4.78, 5) is 11.1. The Kier molecular flexibility index (Phi) is 4.41. The highest BCUT2D eigenvalue weighted by atomic mass is 32.2. The fraction of sp³-hybridized carbons (Fsp3) is 0.923. The molecule has 6 nitrogen and oxygen atoms in total. The smallest absolute Gasteiger partial charge is 0.307 e. The molecule has 1 N–H and O–H groups in total. The predicted molar refractivity (Wildman–Crippen MR) is 75.4 cm³/mol. The van der Waals surface area contributed by atoms with Crippen molar-refractivity contribution in [2.45, 2.75) is 39.5 Å². The van der Waals surface area contributed by atoms with E-state index in [1.165, 1.54) is 8.61 Å². The van der Waals surface area contributed by atoms with Gasteiger partial charge in [-0.2, -0.15) is 17.0 Å². The highest BCUT2D eigenvalue weighted by Crippen LogP contribution is 2.32. The molecule has 2 aliphatic rings. The lowest BCUT2D eigenvalue weighted by atomic mass is 9.83. The molecule has 2 rings (SSSR count). The fourth-order valence-electron chi connectivity index (χ4n) is 2.84. The van der Waals surface area contributed by atoms with Crippen LogP contribution in [0.3, 0.4) is 0 Å².